The van der Waals surface area contributed by atoms with Crippen LogP contribution in [0, 0.1) is 0 Å². The van der Waals surface area contributed by atoms with Gasteiger partial charge in [-0.3, -0.25) is 0 Å². The minimum absolute atomic E-state index is 0.536. The van der Waals surface area contributed by atoms with Crippen molar-refractivity contribution in [1.29, 1.82) is 0 Å². The summed E-state index contributed by atoms with van der Waals surface area (Å²) in [5.41, 5.74) is 6.65. The second-order valence-electron chi connectivity index (χ2n) is 2.80. The van der Waals surface area contributed by atoms with Gasteiger partial charge in [-0.1, -0.05) is 41.7 Å². The minimum atomic E-state index is 0.536. The number of nitrogens with zero attached hydrogens (tertiary/aromatic N) is 1. The zero-order valence-electron chi connectivity index (χ0n) is 7.51. The summed E-state index contributed by atoms with van der Waals surface area (Å²) in [6.45, 7) is 0.536. The van der Waals surface area contributed by atoms with E-state index in [1.807, 2.05) is 30.3 Å². The van der Waals surface area contributed by atoms with Gasteiger partial charge in [0.2, 0.25) is 0 Å². The molecule has 72 valence electrons. The van der Waals surface area contributed by atoms with Crippen molar-refractivity contribution in [1.82, 2.24) is 4.98 Å². The summed E-state index contributed by atoms with van der Waals surface area (Å²) >= 11 is 1.35. The Morgan fingerprint density at radius 3 is 2.71 bits per heavy atom. The van der Waals surface area contributed by atoms with Crippen LogP contribution >= 0.6 is 11.3 Å². The highest BCUT2D eigenvalue weighted by Crippen LogP contribution is 2.22. The number of rotatable bonds is 3. The summed E-state index contributed by atoms with van der Waals surface area (Å²) in [6, 6.07) is 9.96. The summed E-state index contributed by atoms with van der Waals surface area (Å²) < 4.78 is 5.44. The van der Waals surface area contributed by atoms with Gasteiger partial charge in [0.05, 0.1) is 6.20 Å². The van der Waals surface area contributed by atoms with E-state index in [0.717, 1.165) is 5.56 Å². The topological polar surface area (TPSA) is 48.1 Å². The Morgan fingerprint density at radius 1 is 1.29 bits per heavy atom. The van der Waals surface area contributed by atoms with Gasteiger partial charge in [0.15, 0.2) is 0 Å². The Morgan fingerprint density at radius 2 is 2.07 bits per heavy atom. The van der Waals surface area contributed by atoms with Crippen molar-refractivity contribution >= 4 is 16.3 Å². The molecular formula is C10H10N2OS. The number of benzene rings is 1. The Labute approximate surface area is 86.2 Å². The van der Waals surface area contributed by atoms with E-state index in [-0.39, 0.29) is 0 Å². The first-order valence-electron chi connectivity index (χ1n) is 4.22. The Bertz CT molecular complexity index is 400. The van der Waals surface area contributed by atoms with Gasteiger partial charge in [-0.05, 0) is 5.56 Å². The summed E-state index contributed by atoms with van der Waals surface area (Å²) in [4.78, 5) is 4.00. The number of aromatic nitrogens is 1. The molecule has 0 aliphatic rings. The monoisotopic (exact) mass is 206 g/mol. The first kappa shape index (κ1) is 9.02. The quantitative estimate of drug-likeness (QED) is 0.838. The zero-order valence-corrected chi connectivity index (χ0v) is 8.33. The van der Waals surface area contributed by atoms with Crippen LogP contribution in [0.15, 0.2) is 36.5 Å². The van der Waals surface area contributed by atoms with Crippen LogP contribution in [0.1, 0.15) is 5.56 Å². The van der Waals surface area contributed by atoms with Crippen molar-refractivity contribution in [2.45, 2.75) is 6.61 Å². The van der Waals surface area contributed by atoms with Crippen LogP contribution in [0.25, 0.3) is 0 Å². The second-order valence-corrected chi connectivity index (χ2v) is 3.83. The number of nitrogen functional groups attached to an aromatic ring is 1. The zero-order chi connectivity index (χ0) is 9.80. The minimum Gasteiger partial charge on any atom is -0.465 e. The van der Waals surface area contributed by atoms with E-state index in [4.69, 9.17) is 10.5 Å². The van der Waals surface area contributed by atoms with Crippen LogP contribution in [0.2, 0.25) is 0 Å². The summed E-state index contributed by atoms with van der Waals surface area (Å²) in [5, 5.41) is 1.29. The third-order valence-corrected chi connectivity index (χ3v) is 2.45. The SMILES string of the molecule is Nc1cnc(OCc2ccccc2)s1. The molecule has 0 amide bonds. The number of hydrogen-bond donors (Lipinski definition) is 1. The molecule has 0 fully saturated rings. The Kier molecular flexibility index (Phi) is 2.65. The normalized spacial score (nSPS) is 10.0. The van der Waals surface area contributed by atoms with E-state index < -0.39 is 0 Å². The fourth-order valence-corrected chi connectivity index (χ4v) is 1.59. The van der Waals surface area contributed by atoms with E-state index in [2.05, 4.69) is 4.98 Å². The van der Waals surface area contributed by atoms with Gasteiger partial charge in [-0.2, -0.15) is 0 Å². The summed E-state index contributed by atoms with van der Waals surface area (Å²) in [5.74, 6) is 0. The number of hydrogen-bond acceptors (Lipinski definition) is 4. The molecule has 0 spiro atoms. The summed E-state index contributed by atoms with van der Waals surface area (Å²) in [6.07, 6.45) is 1.60. The first-order valence-corrected chi connectivity index (χ1v) is 5.04. The average molecular weight is 206 g/mol. The van der Waals surface area contributed by atoms with Crippen molar-refractivity contribution in [3.63, 3.8) is 0 Å². The molecule has 2 aromatic rings. The second kappa shape index (κ2) is 4.11. The lowest BCUT2D eigenvalue weighted by molar-refractivity contribution is 0.304. The van der Waals surface area contributed by atoms with Gasteiger partial charge in [-0.25, -0.2) is 4.98 Å². The Balaban J connectivity index is 1.95. The molecule has 4 heteroatoms. The van der Waals surface area contributed by atoms with Gasteiger partial charge in [0.25, 0.3) is 5.19 Å². The van der Waals surface area contributed by atoms with Crippen LogP contribution < -0.4 is 10.5 Å². The van der Waals surface area contributed by atoms with E-state index in [9.17, 15) is 0 Å². The standard InChI is InChI=1S/C10H10N2OS/c11-9-6-12-10(14-9)13-7-8-4-2-1-3-5-8/h1-6H,7,11H2. The highest BCUT2D eigenvalue weighted by molar-refractivity contribution is 7.17. The lowest BCUT2D eigenvalue weighted by atomic mass is 10.2. The number of nitrogens with two attached hydrogens (primary N) is 1. The van der Waals surface area contributed by atoms with Gasteiger partial charge in [0.1, 0.15) is 11.6 Å². The maximum atomic E-state index is 5.52. The molecule has 0 aliphatic heterocycles. The molecule has 1 aromatic heterocycles. The van der Waals surface area contributed by atoms with Crippen LogP contribution in [-0.4, -0.2) is 4.98 Å². The molecule has 3 nitrogen and oxygen atoms in total. The van der Waals surface area contributed by atoms with E-state index in [1.54, 1.807) is 6.20 Å². The third kappa shape index (κ3) is 2.23. The number of anilines is 1. The fraction of sp³-hybridized carbons (Fsp3) is 0.100. The van der Waals surface area contributed by atoms with E-state index in [1.165, 1.54) is 11.3 Å². The molecule has 0 saturated heterocycles. The lowest BCUT2D eigenvalue weighted by Gasteiger charge is -2.00. The molecule has 14 heavy (non-hydrogen) atoms. The molecule has 0 radical (unpaired) electrons. The maximum absolute atomic E-state index is 5.52. The molecule has 2 rings (SSSR count). The van der Waals surface area contributed by atoms with Crippen molar-refractivity contribution in [2.24, 2.45) is 0 Å². The van der Waals surface area contributed by atoms with Crippen LogP contribution in [0.4, 0.5) is 5.00 Å². The predicted molar refractivity (Wildman–Crippen MR) is 57.3 cm³/mol. The molecule has 0 unspecified atom stereocenters. The largest absolute Gasteiger partial charge is 0.465 e. The maximum Gasteiger partial charge on any atom is 0.275 e. The number of ether oxygens (including phenoxy) is 1. The predicted octanol–water partition coefficient (Wildman–Crippen LogP) is 2.30. The van der Waals surface area contributed by atoms with Crippen LogP contribution in [0.3, 0.4) is 0 Å². The van der Waals surface area contributed by atoms with Gasteiger partial charge in [-0.15, -0.1) is 0 Å². The van der Waals surface area contributed by atoms with Crippen LogP contribution in [0.5, 0.6) is 5.19 Å². The van der Waals surface area contributed by atoms with Gasteiger partial charge in [0, 0.05) is 0 Å². The van der Waals surface area contributed by atoms with E-state index >= 15 is 0 Å². The molecule has 0 aliphatic carbocycles. The van der Waals surface area contributed by atoms with Crippen molar-refractivity contribution in [3.8, 4) is 5.19 Å². The molecule has 0 saturated carbocycles. The molecule has 0 bridgehead atoms. The third-order valence-electron chi connectivity index (χ3n) is 1.71. The average Bonchev–Trinajstić information content (AvgIpc) is 2.63. The molecule has 1 aromatic carbocycles. The van der Waals surface area contributed by atoms with E-state index in [0.29, 0.717) is 16.8 Å². The molecular weight excluding hydrogens is 196 g/mol. The smallest absolute Gasteiger partial charge is 0.275 e. The van der Waals surface area contributed by atoms with Crippen LogP contribution in [-0.2, 0) is 6.61 Å². The summed E-state index contributed by atoms with van der Waals surface area (Å²) in [7, 11) is 0. The van der Waals surface area contributed by atoms with Crippen molar-refractivity contribution < 1.29 is 4.74 Å². The first-order chi connectivity index (χ1) is 6.84. The molecule has 0 atom stereocenters. The highest BCUT2D eigenvalue weighted by Gasteiger charge is 1.99. The highest BCUT2D eigenvalue weighted by atomic mass is 32.1. The molecule has 1 heterocycles. The van der Waals surface area contributed by atoms with Crippen molar-refractivity contribution in [2.75, 3.05) is 5.73 Å². The molecule has 2 N–H and O–H groups in total. The number of thiazole rings is 1. The van der Waals surface area contributed by atoms with Gasteiger partial charge >= 0.3 is 0 Å². The fourth-order valence-electron chi connectivity index (χ4n) is 1.06. The van der Waals surface area contributed by atoms with Gasteiger partial charge < -0.3 is 10.5 Å². The lowest BCUT2D eigenvalue weighted by Crippen LogP contribution is -1.93. The Hall–Kier alpha value is -1.55. The van der Waals surface area contributed by atoms with Crippen molar-refractivity contribution in [3.05, 3.63) is 42.1 Å².